The van der Waals surface area contributed by atoms with Crippen molar-refractivity contribution < 1.29 is 23.8 Å². The van der Waals surface area contributed by atoms with Crippen molar-refractivity contribution in [1.29, 1.82) is 0 Å². The van der Waals surface area contributed by atoms with Crippen LogP contribution in [0, 0.1) is 0 Å². The molecule has 5 heteroatoms. The molecule has 0 bridgehead atoms. The minimum absolute atomic E-state index is 0.447. The van der Waals surface area contributed by atoms with Crippen LogP contribution >= 0.6 is 0 Å². The number of allylic oxidation sites excluding steroid dienone is 2. The van der Waals surface area contributed by atoms with Gasteiger partial charge in [0.2, 0.25) is 0 Å². The van der Waals surface area contributed by atoms with E-state index in [0.717, 1.165) is 63.9 Å². The third kappa shape index (κ3) is 25.6. The molecule has 0 rings (SSSR count). The Hall–Kier alpha value is -1.30. The number of carbonyl (C=O) groups excluding carboxylic acids is 2. The van der Waals surface area contributed by atoms with Crippen LogP contribution in [0.2, 0.25) is 0 Å². The van der Waals surface area contributed by atoms with Crippen molar-refractivity contribution in [1.82, 2.24) is 0 Å². The highest BCUT2D eigenvalue weighted by Crippen LogP contribution is 2.12. The molecule has 0 heterocycles. The minimum atomic E-state index is -0.447. The second-order valence-corrected chi connectivity index (χ2v) is 9.20. The number of aldehydes is 2. The lowest BCUT2D eigenvalue weighted by molar-refractivity contribution is -0.208. The molecule has 35 heavy (non-hydrogen) atoms. The Morgan fingerprint density at radius 1 is 0.514 bits per heavy atom. The Labute approximate surface area is 216 Å². The first-order valence-corrected chi connectivity index (χ1v) is 14.4. The Bertz CT molecular complexity index is 459. The number of ether oxygens (including phenoxy) is 3. The third-order valence-electron chi connectivity index (χ3n) is 5.80. The van der Waals surface area contributed by atoms with Gasteiger partial charge in [-0.25, -0.2) is 0 Å². The summed E-state index contributed by atoms with van der Waals surface area (Å²) in [5.74, 6) is 0. The summed E-state index contributed by atoms with van der Waals surface area (Å²) < 4.78 is 18.4. The second-order valence-electron chi connectivity index (χ2n) is 9.20. The summed E-state index contributed by atoms with van der Waals surface area (Å²) in [5, 5.41) is 0. The van der Waals surface area contributed by atoms with Gasteiger partial charge in [0, 0.05) is 12.8 Å². The Balaban J connectivity index is 4.81. The van der Waals surface area contributed by atoms with Gasteiger partial charge in [-0.1, -0.05) is 77.4 Å². The second kappa shape index (κ2) is 28.9. The molecule has 0 aromatic rings. The average molecular weight is 495 g/mol. The molecule has 0 aromatic carbocycles. The van der Waals surface area contributed by atoms with Gasteiger partial charge in [0.25, 0.3) is 0 Å². The van der Waals surface area contributed by atoms with Crippen molar-refractivity contribution >= 4 is 12.6 Å². The predicted octanol–water partition coefficient (Wildman–Crippen LogP) is 8.26. The molecule has 0 spiro atoms. The predicted molar refractivity (Wildman–Crippen MR) is 145 cm³/mol. The quantitative estimate of drug-likeness (QED) is 0.0474. The van der Waals surface area contributed by atoms with E-state index in [4.69, 9.17) is 14.2 Å². The monoisotopic (exact) mass is 494 g/mol. The van der Waals surface area contributed by atoms with E-state index in [0.29, 0.717) is 26.1 Å². The van der Waals surface area contributed by atoms with Crippen molar-refractivity contribution in [2.75, 3.05) is 13.2 Å². The van der Waals surface area contributed by atoms with Gasteiger partial charge in [0.15, 0.2) is 12.6 Å². The lowest BCUT2D eigenvalue weighted by Gasteiger charge is -2.22. The van der Waals surface area contributed by atoms with E-state index in [1.807, 2.05) is 12.2 Å². The summed E-state index contributed by atoms with van der Waals surface area (Å²) in [4.78, 5) is 21.0. The maximum Gasteiger partial charge on any atom is 0.180 e. The number of hydrogen-bond acceptors (Lipinski definition) is 5. The molecular formula is C30H54O5. The van der Waals surface area contributed by atoms with Crippen molar-refractivity contribution in [2.24, 2.45) is 0 Å². The molecule has 0 N–H and O–H groups in total. The molecule has 5 nitrogen and oxygen atoms in total. The molecule has 0 saturated carbocycles. The Morgan fingerprint density at radius 2 is 0.914 bits per heavy atom. The van der Waals surface area contributed by atoms with Gasteiger partial charge in [-0.05, 0) is 63.5 Å². The molecule has 2 unspecified atom stereocenters. The zero-order valence-electron chi connectivity index (χ0n) is 22.8. The largest absolute Gasteiger partial charge is 0.349 e. The number of rotatable bonds is 28. The van der Waals surface area contributed by atoms with E-state index >= 15 is 0 Å². The molecule has 0 radical (unpaired) electrons. The summed E-state index contributed by atoms with van der Waals surface area (Å²) in [7, 11) is 0. The van der Waals surface area contributed by atoms with Crippen LogP contribution in [-0.4, -0.2) is 38.4 Å². The van der Waals surface area contributed by atoms with Gasteiger partial charge in [0.05, 0.1) is 13.2 Å². The first kappa shape index (κ1) is 33.7. The fourth-order valence-corrected chi connectivity index (χ4v) is 3.62. The molecule has 0 aliphatic carbocycles. The smallest absolute Gasteiger partial charge is 0.180 e. The fraction of sp³-hybridized carbons (Fsp3) is 0.800. The van der Waals surface area contributed by atoms with Gasteiger partial charge >= 0.3 is 0 Å². The maximum absolute atomic E-state index is 10.5. The van der Waals surface area contributed by atoms with Crippen molar-refractivity contribution in [3.63, 3.8) is 0 Å². The van der Waals surface area contributed by atoms with Crippen molar-refractivity contribution in [3.05, 3.63) is 24.3 Å². The van der Waals surface area contributed by atoms with Crippen LogP contribution in [0.5, 0.6) is 0 Å². The van der Waals surface area contributed by atoms with Gasteiger partial charge in [-0.15, -0.1) is 0 Å². The number of hydrogen-bond donors (Lipinski definition) is 0. The highest BCUT2D eigenvalue weighted by atomic mass is 16.8. The van der Waals surface area contributed by atoms with Crippen LogP contribution in [0.15, 0.2) is 24.3 Å². The maximum atomic E-state index is 10.5. The molecule has 0 saturated heterocycles. The van der Waals surface area contributed by atoms with E-state index in [-0.39, 0.29) is 0 Å². The van der Waals surface area contributed by atoms with Crippen LogP contribution in [-0.2, 0) is 23.8 Å². The Morgan fingerprint density at radius 3 is 1.31 bits per heavy atom. The van der Waals surface area contributed by atoms with E-state index < -0.39 is 12.6 Å². The average Bonchev–Trinajstić information content (AvgIpc) is 2.87. The molecule has 0 aliphatic rings. The first-order chi connectivity index (χ1) is 17.3. The standard InChI is InChI=1S/C30H54O5/c1-3-5-7-15-21-27-33-29(23-17-11-9-13-19-25-31)35-30(24-18-12-10-14-20-26-32)34-28-22-16-8-6-4-2/h17-18,23-26,29-30H,3-16,19-22,27-28H2,1-2H3. The highest BCUT2D eigenvalue weighted by Gasteiger charge is 2.13. The highest BCUT2D eigenvalue weighted by molar-refractivity contribution is 5.49. The fourth-order valence-electron chi connectivity index (χ4n) is 3.62. The van der Waals surface area contributed by atoms with Crippen LogP contribution in [0.1, 0.15) is 129 Å². The molecule has 204 valence electrons. The lowest BCUT2D eigenvalue weighted by atomic mass is 10.2. The van der Waals surface area contributed by atoms with E-state index in [9.17, 15) is 9.59 Å². The van der Waals surface area contributed by atoms with Crippen LogP contribution in [0.4, 0.5) is 0 Å². The lowest BCUT2D eigenvalue weighted by Crippen LogP contribution is -2.25. The summed E-state index contributed by atoms with van der Waals surface area (Å²) in [5.41, 5.74) is 0. The van der Waals surface area contributed by atoms with Gasteiger partial charge in [-0.3, -0.25) is 0 Å². The summed E-state index contributed by atoms with van der Waals surface area (Å²) >= 11 is 0. The van der Waals surface area contributed by atoms with Crippen LogP contribution in [0.25, 0.3) is 0 Å². The SMILES string of the molecule is CCCCCCCOC(C=CCCCCC=O)OC(C=CCCCCC=O)OCCCCCCC. The van der Waals surface area contributed by atoms with Crippen LogP contribution < -0.4 is 0 Å². The van der Waals surface area contributed by atoms with E-state index in [1.165, 1.54) is 51.4 Å². The van der Waals surface area contributed by atoms with Crippen LogP contribution in [0.3, 0.4) is 0 Å². The number of unbranched alkanes of at least 4 members (excludes halogenated alkanes) is 14. The molecule has 0 fully saturated rings. The normalized spacial score (nSPS) is 13.5. The zero-order valence-corrected chi connectivity index (χ0v) is 22.8. The van der Waals surface area contributed by atoms with Gasteiger partial charge in [0.1, 0.15) is 12.6 Å². The molecule has 0 aromatic heterocycles. The van der Waals surface area contributed by atoms with Crippen molar-refractivity contribution in [2.45, 2.75) is 142 Å². The van der Waals surface area contributed by atoms with Crippen molar-refractivity contribution in [3.8, 4) is 0 Å². The third-order valence-corrected chi connectivity index (χ3v) is 5.80. The summed E-state index contributed by atoms with van der Waals surface area (Å²) in [6, 6.07) is 0. The summed E-state index contributed by atoms with van der Waals surface area (Å²) in [6.45, 7) is 5.78. The molecular weight excluding hydrogens is 440 g/mol. The van der Waals surface area contributed by atoms with Gasteiger partial charge < -0.3 is 23.8 Å². The molecule has 2 atom stereocenters. The van der Waals surface area contributed by atoms with Gasteiger partial charge in [-0.2, -0.15) is 0 Å². The summed E-state index contributed by atoms with van der Waals surface area (Å²) in [6.07, 6.45) is 28.0. The molecule has 0 aliphatic heterocycles. The first-order valence-electron chi connectivity index (χ1n) is 14.4. The number of carbonyl (C=O) groups is 2. The van der Waals surface area contributed by atoms with E-state index in [2.05, 4.69) is 26.0 Å². The molecule has 0 amide bonds. The topological polar surface area (TPSA) is 61.8 Å². The minimum Gasteiger partial charge on any atom is -0.349 e. The Kier molecular flexibility index (Phi) is 27.9. The zero-order chi connectivity index (χ0) is 25.7. The van der Waals surface area contributed by atoms with E-state index in [1.54, 1.807) is 0 Å².